The van der Waals surface area contributed by atoms with E-state index in [1.807, 2.05) is 48.5 Å². The van der Waals surface area contributed by atoms with Gasteiger partial charge in [0, 0.05) is 16.7 Å². The van der Waals surface area contributed by atoms with Gasteiger partial charge in [0.2, 0.25) is 5.91 Å². The van der Waals surface area contributed by atoms with Crippen LogP contribution in [-0.2, 0) is 22.7 Å². The molecule has 0 aliphatic carbocycles. The van der Waals surface area contributed by atoms with Crippen molar-refractivity contribution in [3.05, 3.63) is 99.0 Å². The van der Waals surface area contributed by atoms with Gasteiger partial charge >= 0.3 is 6.09 Å². The molecule has 0 radical (unpaired) electrons. The number of hydrogen-bond acceptors (Lipinski definition) is 4. The lowest BCUT2D eigenvalue weighted by atomic mass is 10.0. The molecule has 3 aromatic carbocycles. The third-order valence-corrected chi connectivity index (χ3v) is 5.90. The molecule has 0 unspecified atom stereocenters. The average molecular weight is 517 g/mol. The van der Waals surface area contributed by atoms with Crippen LogP contribution >= 0.6 is 27.5 Å². The summed E-state index contributed by atoms with van der Waals surface area (Å²) < 4.78 is 5.99. The third kappa shape index (κ3) is 7.09. The summed E-state index contributed by atoms with van der Waals surface area (Å²) >= 11 is 9.49. The molecule has 0 fully saturated rings. The van der Waals surface area contributed by atoms with Crippen LogP contribution in [0, 0.1) is 0 Å². The van der Waals surface area contributed by atoms with Gasteiger partial charge in [-0.05, 0) is 56.9 Å². The molecule has 0 aromatic heterocycles. The normalized spacial score (nSPS) is 11.5. The monoisotopic (exact) mass is 515 g/mol. The summed E-state index contributed by atoms with van der Waals surface area (Å²) in [6.45, 7) is 0.502. The lowest BCUT2D eigenvalue weighted by Crippen LogP contribution is -2.32. The van der Waals surface area contributed by atoms with Gasteiger partial charge in [-0.3, -0.25) is 4.79 Å². The number of carbonyl (C=O) groups excluding carboxylic acids is 2. The number of ether oxygens (including phenoxy) is 1. The zero-order valence-electron chi connectivity index (χ0n) is 17.2. The number of benzene rings is 3. The molecule has 8 heteroatoms. The van der Waals surface area contributed by atoms with Crippen LogP contribution in [0.15, 0.2) is 77.3 Å². The Labute approximate surface area is 200 Å². The Hall–Kier alpha value is -2.87. The van der Waals surface area contributed by atoms with Crippen LogP contribution in [0.1, 0.15) is 29.2 Å². The number of carbonyl (C=O) groups is 2. The Morgan fingerprint density at radius 1 is 1.00 bits per heavy atom. The second kappa shape index (κ2) is 11.7. The summed E-state index contributed by atoms with van der Waals surface area (Å²) in [4.78, 5) is 25.2. The molecule has 0 saturated heterocycles. The van der Waals surface area contributed by atoms with Crippen LogP contribution in [0.5, 0.6) is 0 Å². The molecule has 0 bridgehead atoms. The van der Waals surface area contributed by atoms with Gasteiger partial charge in [-0.1, -0.05) is 60.1 Å². The summed E-state index contributed by atoms with van der Waals surface area (Å²) in [5, 5.41) is 6.16. The first-order chi connectivity index (χ1) is 15.4. The lowest BCUT2D eigenvalue weighted by molar-refractivity contribution is -0.116. The third-order valence-electron chi connectivity index (χ3n) is 4.69. The number of rotatable bonds is 8. The zero-order valence-corrected chi connectivity index (χ0v) is 19.5. The molecule has 0 spiro atoms. The Morgan fingerprint density at radius 3 is 2.47 bits per heavy atom. The van der Waals surface area contributed by atoms with E-state index in [0.717, 1.165) is 11.1 Å². The Morgan fingerprint density at radius 2 is 1.75 bits per heavy atom. The molecule has 0 saturated carbocycles. The number of halogens is 2. The molecule has 6 nitrogen and oxygen atoms in total. The molecule has 0 aliphatic heterocycles. The number of amides is 2. The summed E-state index contributed by atoms with van der Waals surface area (Å²) in [6, 6.07) is 21.3. The van der Waals surface area contributed by atoms with Crippen molar-refractivity contribution in [3.63, 3.8) is 0 Å². The van der Waals surface area contributed by atoms with Gasteiger partial charge in [0.05, 0.1) is 17.5 Å². The quantitative estimate of drug-likeness (QED) is 0.365. The minimum absolute atomic E-state index is 0.00135. The van der Waals surface area contributed by atoms with Crippen LogP contribution in [0.4, 0.5) is 10.5 Å². The molecule has 166 valence electrons. The van der Waals surface area contributed by atoms with Crippen LogP contribution in [-0.4, -0.2) is 12.0 Å². The van der Waals surface area contributed by atoms with Crippen molar-refractivity contribution in [1.82, 2.24) is 5.32 Å². The Kier molecular flexibility index (Phi) is 8.67. The second-order valence-electron chi connectivity index (χ2n) is 7.09. The van der Waals surface area contributed by atoms with Crippen molar-refractivity contribution < 1.29 is 14.3 Å². The molecule has 0 aliphatic rings. The molecule has 3 rings (SSSR count). The van der Waals surface area contributed by atoms with E-state index in [-0.39, 0.29) is 18.9 Å². The molecule has 0 heterocycles. The van der Waals surface area contributed by atoms with E-state index in [0.29, 0.717) is 27.3 Å². The van der Waals surface area contributed by atoms with Gasteiger partial charge in [-0.15, -0.1) is 0 Å². The van der Waals surface area contributed by atoms with E-state index in [2.05, 4.69) is 26.6 Å². The molecule has 4 N–H and O–H groups in total. The maximum atomic E-state index is 12.7. The zero-order chi connectivity index (χ0) is 22.9. The number of hydrogen-bond donors (Lipinski definition) is 3. The number of nitrogens with two attached hydrogens (primary N) is 1. The van der Waals surface area contributed by atoms with Crippen molar-refractivity contribution in [1.29, 1.82) is 0 Å². The van der Waals surface area contributed by atoms with Crippen LogP contribution in [0.2, 0.25) is 5.02 Å². The molecular formula is C24H23BrClN3O3. The van der Waals surface area contributed by atoms with Crippen LogP contribution in [0.3, 0.4) is 0 Å². The number of nitrogens with one attached hydrogen (secondary N) is 2. The highest BCUT2D eigenvalue weighted by Gasteiger charge is 2.20. The first kappa shape index (κ1) is 23.8. The minimum Gasteiger partial charge on any atom is -0.445 e. The van der Waals surface area contributed by atoms with E-state index < -0.39 is 12.1 Å². The fraction of sp³-hybridized carbons (Fsp3) is 0.167. The summed E-state index contributed by atoms with van der Waals surface area (Å²) in [7, 11) is 0. The first-order valence-electron chi connectivity index (χ1n) is 9.95. The number of anilines is 1. The standard InChI is InChI=1S/C24H23BrClN3O3/c25-20-12-18(9-10-21(20)26)22(29-24(31)32-15-16-5-2-1-3-6-16)13-23(30)28-19-8-4-7-17(11-19)14-27/h1-12,22H,13-15,27H2,(H,28,30)(H,29,31)/t22-/m0/s1. The van der Waals surface area contributed by atoms with Gasteiger partial charge in [-0.2, -0.15) is 0 Å². The SMILES string of the molecule is NCc1cccc(NC(=O)C[C@H](NC(=O)OCc2ccccc2)c2ccc(Cl)c(Br)c2)c1. The van der Waals surface area contributed by atoms with Crippen molar-refractivity contribution in [2.45, 2.75) is 25.6 Å². The maximum absolute atomic E-state index is 12.7. The summed E-state index contributed by atoms with van der Waals surface area (Å²) in [5.41, 5.74) is 8.79. The highest BCUT2D eigenvalue weighted by atomic mass is 79.9. The first-order valence-corrected chi connectivity index (χ1v) is 11.1. The topological polar surface area (TPSA) is 93.5 Å². The fourth-order valence-electron chi connectivity index (χ4n) is 3.06. The van der Waals surface area contributed by atoms with E-state index in [1.54, 1.807) is 24.3 Å². The van der Waals surface area contributed by atoms with Crippen molar-refractivity contribution in [2.24, 2.45) is 5.73 Å². The van der Waals surface area contributed by atoms with E-state index in [9.17, 15) is 9.59 Å². The molecular weight excluding hydrogens is 494 g/mol. The Balaban J connectivity index is 1.70. The van der Waals surface area contributed by atoms with E-state index in [1.165, 1.54) is 0 Å². The van der Waals surface area contributed by atoms with Gasteiger partial charge in [0.25, 0.3) is 0 Å². The Bertz CT molecular complexity index is 1080. The van der Waals surface area contributed by atoms with E-state index in [4.69, 9.17) is 22.1 Å². The molecule has 1 atom stereocenters. The van der Waals surface area contributed by atoms with Gasteiger partial charge in [0.15, 0.2) is 0 Å². The van der Waals surface area contributed by atoms with Crippen molar-refractivity contribution >= 4 is 45.2 Å². The van der Waals surface area contributed by atoms with Crippen LogP contribution < -0.4 is 16.4 Å². The van der Waals surface area contributed by atoms with Gasteiger partial charge in [-0.25, -0.2) is 4.79 Å². The summed E-state index contributed by atoms with van der Waals surface area (Å²) in [6.07, 6.45) is -0.621. The van der Waals surface area contributed by atoms with Crippen molar-refractivity contribution in [3.8, 4) is 0 Å². The van der Waals surface area contributed by atoms with Crippen LogP contribution in [0.25, 0.3) is 0 Å². The maximum Gasteiger partial charge on any atom is 0.407 e. The molecule has 2 amide bonds. The van der Waals surface area contributed by atoms with Crippen molar-refractivity contribution in [2.75, 3.05) is 5.32 Å². The minimum atomic E-state index is -0.622. The second-order valence-corrected chi connectivity index (χ2v) is 8.35. The lowest BCUT2D eigenvalue weighted by Gasteiger charge is -2.19. The molecule has 32 heavy (non-hydrogen) atoms. The predicted octanol–water partition coefficient (Wildman–Crippen LogP) is 5.56. The van der Waals surface area contributed by atoms with Gasteiger partial charge in [0.1, 0.15) is 6.61 Å². The smallest absolute Gasteiger partial charge is 0.407 e. The highest BCUT2D eigenvalue weighted by molar-refractivity contribution is 9.10. The fourth-order valence-corrected chi connectivity index (χ4v) is 3.58. The largest absolute Gasteiger partial charge is 0.445 e. The predicted molar refractivity (Wildman–Crippen MR) is 129 cm³/mol. The van der Waals surface area contributed by atoms with E-state index >= 15 is 0 Å². The summed E-state index contributed by atoms with van der Waals surface area (Å²) in [5.74, 6) is -0.265. The number of alkyl carbamates (subject to hydrolysis) is 1. The van der Waals surface area contributed by atoms with Gasteiger partial charge < -0.3 is 21.1 Å². The average Bonchev–Trinajstić information content (AvgIpc) is 2.80. The molecule has 3 aromatic rings. The highest BCUT2D eigenvalue weighted by Crippen LogP contribution is 2.28.